The Morgan fingerprint density at radius 3 is 2.83 bits per heavy atom. The highest BCUT2D eigenvalue weighted by molar-refractivity contribution is 5.79. The third kappa shape index (κ3) is 4.82. The van der Waals surface area contributed by atoms with E-state index in [-0.39, 0.29) is 17.7 Å². The van der Waals surface area contributed by atoms with E-state index in [0.717, 1.165) is 29.9 Å². The summed E-state index contributed by atoms with van der Waals surface area (Å²) in [5, 5.41) is 7.52. The molecular formula is C21H28N6O2. The van der Waals surface area contributed by atoms with Crippen molar-refractivity contribution in [2.24, 2.45) is 5.92 Å². The van der Waals surface area contributed by atoms with Crippen molar-refractivity contribution < 1.29 is 9.59 Å². The molecule has 4 rings (SSSR count). The summed E-state index contributed by atoms with van der Waals surface area (Å²) in [5.41, 5.74) is 2.81. The molecule has 0 aromatic carbocycles. The Labute approximate surface area is 170 Å². The van der Waals surface area contributed by atoms with Crippen LogP contribution < -0.4 is 5.32 Å². The predicted octanol–water partition coefficient (Wildman–Crippen LogP) is 1.17. The van der Waals surface area contributed by atoms with E-state index in [1.807, 2.05) is 45.8 Å². The molecule has 2 aliphatic rings. The Balaban J connectivity index is 1.25. The molecule has 3 heterocycles. The molecule has 1 aliphatic heterocycles. The molecule has 0 radical (unpaired) electrons. The molecule has 154 valence electrons. The van der Waals surface area contributed by atoms with Gasteiger partial charge >= 0.3 is 0 Å². The molecular weight excluding hydrogens is 368 g/mol. The number of carbonyl (C=O) groups is 2. The van der Waals surface area contributed by atoms with Crippen LogP contribution >= 0.6 is 0 Å². The largest absolute Gasteiger partial charge is 0.349 e. The third-order valence-electron chi connectivity index (χ3n) is 5.65. The van der Waals surface area contributed by atoms with Gasteiger partial charge in [-0.05, 0) is 38.1 Å². The highest BCUT2D eigenvalue weighted by atomic mass is 16.2. The monoisotopic (exact) mass is 396 g/mol. The summed E-state index contributed by atoms with van der Waals surface area (Å²) in [5.74, 6) is 0.469. The van der Waals surface area contributed by atoms with Crippen LogP contribution in [0, 0.1) is 5.92 Å². The number of fused-ring (bicyclic) bond motifs is 1. The van der Waals surface area contributed by atoms with Gasteiger partial charge in [0.2, 0.25) is 11.8 Å². The number of hydrogen-bond acceptors (Lipinski definition) is 5. The zero-order valence-electron chi connectivity index (χ0n) is 16.9. The first kappa shape index (κ1) is 19.6. The number of nitrogens with zero attached hydrogens (tertiary/aromatic N) is 5. The van der Waals surface area contributed by atoms with Gasteiger partial charge in [-0.3, -0.25) is 24.2 Å². The van der Waals surface area contributed by atoms with Crippen LogP contribution in [-0.2, 0) is 35.8 Å². The van der Waals surface area contributed by atoms with Gasteiger partial charge in [-0.25, -0.2) is 0 Å². The van der Waals surface area contributed by atoms with Crippen LogP contribution in [0.25, 0.3) is 0 Å². The SMILES string of the molecule is CN(CC(=O)NCc1cc2n(n1)CCN(C(=O)C1CCC1)C2)Cc1ccccn1. The quantitative estimate of drug-likeness (QED) is 0.760. The van der Waals surface area contributed by atoms with Crippen LogP contribution in [0.3, 0.4) is 0 Å². The van der Waals surface area contributed by atoms with E-state index < -0.39 is 0 Å². The van der Waals surface area contributed by atoms with Gasteiger partial charge in [-0.15, -0.1) is 0 Å². The second-order valence-corrected chi connectivity index (χ2v) is 8.01. The Bertz CT molecular complexity index is 861. The molecule has 1 saturated carbocycles. The van der Waals surface area contributed by atoms with Crippen LogP contribution in [-0.4, -0.2) is 56.5 Å². The van der Waals surface area contributed by atoms with E-state index in [4.69, 9.17) is 0 Å². The van der Waals surface area contributed by atoms with Gasteiger partial charge in [0.25, 0.3) is 0 Å². The maximum Gasteiger partial charge on any atom is 0.234 e. The lowest BCUT2D eigenvalue weighted by Crippen LogP contribution is -2.43. The van der Waals surface area contributed by atoms with Crippen LogP contribution in [0.4, 0.5) is 0 Å². The molecule has 1 fully saturated rings. The number of carbonyl (C=O) groups excluding carboxylic acids is 2. The van der Waals surface area contributed by atoms with Crippen molar-refractivity contribution in [1.82, 2.24) is 29.9 Å². The Kier molecular flexibility index (Phi) is 5.89. The fraction of sp³-hybridized carbons (Fsp3) is 0.524. The highest BCUT2D eigenvalue weighted by Crippen LogP contribution is 2.29. The lowest BCUT2D eigenvalue weighted by molar-refractivity contribution is -0.139. The van der Waals surface area contributed by atoms with E-state index in [1.165, 1.54) is 6.42 Å². The smallest absolute Gasteiger partial charge is 0.234 e. The molecule has 0 atom stereocenters. The number of likely N-dealkylation sites (N-methyl/N-ethyl adjacent to an activating group) is 1. The van der Waals surface area contributed by atoms with E-state index in [2.05, 4.69) is 15.4 Å². The van der Waals surface area contributed by atoms with Crippen LogP contribution in [0.2, 0.25) is 0 Å². The minimum Gasteiger partial charge on any atom is -0.349 e. The normalized spacial score (nSPS) is 16.4. The average molecular weight is 396 g/mol. The topological polar surface area (TPSA) is 83.4 Å². The summed E-state index contributed by atoms with van der Waals surface area (Å²) in [6.45, 7) is 3.37. The van der Waals surface area contributed by atoms with Crippen molar-refractivity contribution in [3.8, 4) is 0 Å². The van der Waals surface area contributed by atoms with E-state index >= 15 is 0 Å². The third-order valence-corrected chi connectivity index (χ3v) is 5.65. The number of pyridine rings is 1. The van der Waals surface area contributed by atoms with Gasteiger partial charge in [0.15, 0.2) is 0 Å². The summed E-state index contributed by atoms with van der Waals surface area (Å²) in [6, 6.07) is 7.77. The molecule has 1 aliphatic carbocycles. The first-order valence-electron chi connectivity index (χ1n) is 10.3. The summed E-state index contributed by atoms with van der Waals surface area (Å²) >= 11 is 0. The second kappa shape index (κ2) is 8.73. The number of aromatic nitrogens is 3. The summed E-state index contributed by atoms with van der Waals surface area (Å²) < 4.78 is 1.96. The molecule has 2 aromatic rings. The molecule has 8 nitrogen and oxygen atoms in total. The van der Waals surface area contributed by atoms with E-state index in [1.54, 1.807) is 6.20 Å². The van der Waals surface area contributed by atoms with Gasteiger partial charge in [0.05, 0.1) is 43.3 Å². The minimum atomic E-state index is -0.0452. The summed E-state index contributed by atoms with van der Waals surface area (Å²) in [6.07, 6.45) is 4.98. The molecule has 8 heteroatoms. The Morgan fingerprint density at radius 1 is 1.24 bits per heavy atom. The van der Waals surface area contributed by atoms with Crippen molar-refractivity contribution in [2.75, 3.05) is 20.1 Å². The minimum absolute atomic E-state index is 0.0452. The maximum atomic E-state index is 12.5. The molecule has 0 unspecified atom stereocenters. The fourth-order valence-electron chi connectivity index (χ4n) is 3.83. The molecule has 2 amide bonds. The van der Waals surface area contributed by atoms with E-state index in [0.29, 0.717) is 39.3 Å². The standard InChI is InChI=1S/C21H28N6O2/c1-25(13-17-7-2-3-8-22-17)15-20(28)23-12-18-11-19-14-26(9-10-27(19)24-18)21(29)16-5-4-6-16/h2-3,7-8,11,16H,4-6,9-10,12-15H2,1H3,(H,23,28). The Hall–Kier alpha value is -2.74. The first-order valence-corrected chi connectivity index (χ1v) is 10.3. The molecule has 1 N–H and O–H groups in total. The maximum absolute atomic E-state index is 12.5. The number of rotatable bonds is 7. The van der Waals surface area contributed by atoms with Crippen molar-refractivity contribution in [3.05, 3.63) is 47.5 Å². The predicted molar refractivity (Wildman–Crippen MR) is 107 cm³/mol. The van der Waals surface area contributed by atoms with Crippen LogP contribution in [0.15, 0.2) is 30.5 Å². The molecule has 29 heavy (non-hydrogen) atoms. The van der Waals surface area contributed by atoms with Crippen molar-refractivity contribution in [3.63, 3.8) is 0 Å². The average Bonchev–Trinajstić information content (AvgIpc) is 3.07. The summed E-state index contributed by atoms with van der Waals surface area (Å²) in [4.78, 5) is 32.9. The van der Waals surface area contributed by atoms with Gasteiger partial charge in [-0.1, -0.05) is 12.5 Å². The van der Waals surface area contributed by atoms with Gasteiger partial charge in [0, 0.05) is 25.2 Å². The van der Waals surface area contributed by atoms with Crippen molar-refractivity contribution in [2.45, 2.75) is 45.4 Å². The molecule has 2 aromatic heterocycles. The number of nitrogens with one attached hydrogen (secondary N) is 1. The number of hydrogen-bond donors (Lipinski definition) is 1. The van der Waals surface area contributed by atoms with Crippen LogP contribution in [0.1, 0.15) is 36.3 Å². The second-order valence-electron chi connectivity index (χ2n) is 8.01. The zero-order chi connectivity index (χ0) is 20.2. The first-order chi connectivity index (χ1) is 14.1. The summed E-state index contributed by atoms with van der Waals surface area (Å²) in [7, 11) is 1.90. The highest BCUT2D eigenvalue weighted by Gasteiger charge is 2.31. The lowest BCUT2D eigenvalue weighted by Gasteiger charge is -2.34. The van der Waals surface area contributed by atoms with Crippen LogP contribution in [0.5, 0.6) is 0 Å². The molecule has 0 spiro atoms. The van der Waals surface area contributed by atoms with Gasteiger partial charge in [0.1, 0.15) is 0 Å². The van der Waals surface area contributed by atoms with Crippen molar-refractivity contribution >= 4 is 11.8 Å². The zero-order valence-corrected chi connectivity index (χ0v) is 16.9. The lowest BCUT2D eigenvalue weighted by atomic mass is 9.84. The van der Waals surface area contributed by atoms with Gasteiger partial charge < -0.3 is 10.2 Å². The van der Waals surface area contributed by atoms with Gasteiger partial charge in [-0.2, -0.15) is 5.10 Å². The fourth-order valence-corrected chi connectivity index (χ4v) is 3.83. The Morgan fingerprint density at radius 2 is 2.10 bits per heavy atom. The molecule has 0 saturated heterocycles. The van der Waals surface area contributed by atoms with Crippen molar-refractivity contribution in [1.29, 1.82) is 0 Å². The van der Waals surface area contributed by atoms with E-state index in [9.17, 15) is 9.59 Å². The molecule has 0 bridgehead atoms. The number of amides is 2.